The first-order chi connectivity index (χ1) is 10.6. The number of aromatic nitrogens is 3. The minimum Gasteiger partial charge on any atom is -0.339 e. The zero-order chi connectivity index (χ0) is 15.5. The van der Waals surface area contributed by atoms with Crippen molar-refractivity contribution in [1.29, 1.82) is 0 Å². The lowest BCUT2D eigenvalue weighted by Gasteiger charge is -2.37. The van der Waals surface area contributed by atoms with E-state index >= 15 is 0 Å². The van der Waals surface area contributed by atoms with Crippen LogP contribution in [0.2, 0.25) is 0 Å². The molecule has 3 heterocycles. The molecule has 1 amide bonds. The maximum atomic E-state index is 12.4. The second-order valence-corrected chi connectivity index (χ2v) is 6.49. The molecule has 1 fully saturated rings. The van der Waals surface area contributed by atoms with Crippen molar-refractivity contribution in [3.05, 3.63) is 34.8 Å². The van der Waals surface area contributed by atoms with Crippen molar-refractivity contribution in [2.24, 2.45) is 0 Å². The van der Waals surface area contributed by atoms with Crippen LogP contribution in [-0.4, -0.2) is 56.4 Å². The Labute approximate surface area is 134 Å². The van der Waals surface area contributed by atoms with Gasteiger partial charge < -0.3 is 9.47 Å². The number of imidazole rings is 1. The fraction of sp³-hybridized carbons (Fsp3) is 0.533. The summed E-state index contributed by atoms with van der Waals surface area (Å²) in [6, 6.07) is 0.327. The lowest BCUT2D eigenvalue weighted by Crippen LogP contribution is -2.50. The number of piperazine rings is 1. The Bertz CT molecular complexity index is 616. The molecule has 0 N–H and O–H groups in total. The van der Waals surface area contributed by atoms with E-state index in [9.17, 15) is 4.79 Å². The van der Waals surface area contributed by atoms with Gasteiger partial charge in [-0.25, -0.2) is 9.97 Å². The monoisotopic (exact) mass is 319 g/mol. The minimum atomic E-state index is 0.169. The van der Waals surface area contributed by atoms with Crippen molar-refractivity contribution in [3.63, 3.8) is 0 Å². The fourth-order valence-electron chi connectivity index (χ4n) is 2.77. The van der Waals surface area contributed by atoms with Crippen molar-refractivity contribution in [3.8, 4) is 0 Å². The number of rotatable bonds is 4. The quantitative estimate of drug-likeness (QED) is 0.858. The number of carbonyl (C=O) groups is 1. The van der Waals surface area contributed by atoms with Crippen LogP contribution in [0.15, 0.2) is 24.0 Å². The van der Waals surface area contributed by atoms with E-state index in [-0.39, 0.29) is 5.91 Å². The van der Waals surface area contributed by atoms with E-state index in [2.05, 4.69) is 21.8 Å². The molecule has 22 heavy (non-hydrogen) atoms. The molecule has 118 valence electrons. The van der Waals surface area contributed by atoms with E-state index in [0.29, 0.717) is 12.6 Å². The highest BCUT2D eigenvalue weighted by molar-refractivity contribution is 7.09. The van der Waals surface area contributed by atoms with Gasteiger partial charge in [0.15, 0.2) is 0 Å². The zero-order valence-corrected chi connectivity index (χ0v) is 13.8. The first-order valence-electron chi connectivity index (χ1n) is 7.54. The third kappa shape index (κ3) is 3.20. The SMILES string of the molecule is Cc1nccn1CC(=O)N1CCN(C(C)c2nccs2)CC1. The van der Waals surface area contributed by atoms with Gasteiger partial charge in [0.25, 0.3) is 0 Å². The van der Waals surface area contributed by atoms with Gasteiger partial charge in [-0.15, -0.1) is 11.3 Å². The lowest BCUT2D eigenvalue weighted by atomic mass is 10.2. The molecule has 1 saturated heterocycles. The lowest BCUT2D eigenvalue weighted by molar-refractivity contribution is -0.133. The Morgan fingerprint density at radius 3 is 2.64 bits per heavy atom. The molecule has 0 aromatic carbocycles. The van der Waals surface area contributed by atoms with Gasteiger partial charge in [0.2, 0.25) is 5.91 Å². The van der Waals surface area contributed by atoms with Crippen molar-refractivity contribution in [2.75, 3.05) is 26.2 Å². The van der Waals surface area contributed by atoms with Crippen LogP contribution in [0.3, 0.4) is 0 Å². The first-order valence-corrected chi connectivity index (χ1v) is 8.42. The van der Waals surface area contributed by atoms with Gasteiger partial charge >= 0.3 is 0 Å². The highest BCUT2D eigenvalue weighted by atomic mass is 32.1. The first kappa shape index (κ1) is 15.2. The summed E-state index contributed by atoms with van der Waals surface area (Å²) in [5, 5.41) is 3.16. The summed E-state index contributed by atoms with van der Waals surface area (Å²) in [5.41, 5.74) is 0. The van der Waals surface area contributed by atoms with E-state index in [0.717, 1.165) is 37.0 Å². The van der Waals surface area contributed by atoms with Gasteiger partial charge in [-0.2, -0.15) is 0 Å². The van der Waals surface area contributed by atoms with Gasteiger partial charge in [0.05, 0.1) is 6.04 Å². The number of hydrogen-bond donors (Lipinski definition) is 0. The topological polar surface area (TPSA) is 54.3 Å². The molecule has 2 aromatic heterocycles. The normalized spacial score (nSPS) is 17.6. The highest BCUT2D eigenvalue weighted by Gasteiger charge is 2.25. The zero-order valence-electron chi connectivity index (χ0n) is 13.0. The molecule has 3 rings (SSSR count). The van der Waals surface area contributed by atoms with Crippen LogP contribution in [-0.2, 0) is 11.3 Å². The van der Waals surface area contributed by atoms with Crippen LogP contribution in [0.25, 0.3) is 0 Å². The van der Waals surface area contributed by atoms with Crippen molar-refractivity contribution < 1.29 is 4.79 Å². The third-order valence-corrected chi connectivity index (χ3v) is 5.20. The van der Waals surface area contributed by atoms with Crippen LogP contribution in [0.4, 0.5) is 0 Å². The maximum absolute atomic E-state index is 12.4. The number of thiazole rings is 1. The molecule has 0 spiro atoms. The Morgan fingerprint density at radius 1 is 1.27 bits per heavy atom. The molecule has 1 atom stereocenters. The Balaban J connectivity index is 1.53. The van der Waals surface area contributed by atoms with Gasteiger partial charge in [-0.1, -0.05) is 0 Å². The van der Waals surface area contributed by atoms with Crippen molar-refractivity contribution in [1.82, 2.24) is 24.3 Å². The summed E-state index contributed by atoms with van der Waals surface area (Å²) < 4.78 is 1.90. The molecule has 0 bridgehead atoms. The molecule has 0 saturated carbocycles. The molecular weight excluding hydrogens is 298 g/mol. The van der Waals surface area contributed by atoms with Gasteiger partial charge in [-0.3, -0.25) is 9.69 Å². The van der Waals surface area contributed by atoms with Gasteiger partial charge in [0.1, 0.15) is 17.4 Å². The van der Waals surface area contributed by atoms with Crippen molar-refractivity contribution in [2.45, 2.75) is 26.4 Å². The van der Waals surface area contributed by atoms with E-state index in [4.69, 9.17) is 0 Å². The number of carbonyl (C=O) groups excluding carboxylic acids is 1. The molecule has 0 aliphatic carbocycles. The summed E-state index contributed by atoms with van der Waals surface area (Å²) in [5.74, 6) is 1.05. The average Bonchev–Trinajstić information content (AvgIpc) is 3.19. The number of nitrogens with zero attached hydrogens (tertiary/aromatic N) is 5. The number of amides is 1. The van der Waals surface area contributed by atoms with Crippen LogP contribution in [0.5, 0.6) is 0 Å². The van der Waals surface area contributed by atoms with Crippen molar-refractivity contribution >= 4 is 17.2 Å². The largest absolute Gasteiger partial charge is 0.339 e. The summed E-state index contributed by atoms with van der Waals surface area (Å²) in [4.78, 5) is 25.3. The minimum absolute atomic E-state index is 0.169. The third-order valence-electron chi connectivity index (χ3n) is 4.25. The van der Waals surface area contributed by atoms with E-state index in [1.165, 1.54) is 0 Å². The van der Waals surface area contributed by atoms with Crippen LogP contribution in [0.1, 0.15) is 23.8 Å². The van der Waals surface area contributed by atoms with Crippen LogP contribution in [0, 0.1) is 6.92 Å². The molecule has 1 unspecified atom stereocenters. The summed E-state index contributed by atoms with van der Waals surface area (Å²) in [7, 11) is 0. The molecule has 7 heteroatoms. The molecule has 1 aliphatic rings. The summed E-state index contributed by atoms with van der Waals surface area (Å²) >= 11 is 1.69. The summed E-state index contributed by atoms with van der Waals surface area (Å²) in [6.45, 7) is 7.84. The molecule has 0 radical (unpaired) electrons. The second kappa shape index (κ2) is 6.58. The Kier molecular flexibility index (Phi) is 4.54. The van der Waals surface area contributed by atoms with E-state index in [1.54, 1.807) is 17.5 Å². The summed E-state index contributed by atoms with van der Waals surface area (Å²) in [6.07, 6.45) is 5.44. The second-order valence-electron chi connectivity index (χ2n) is 5.57. The maximum Gasteiger partial charge on any atom is 0.242 e. The average molecular weight is 319 g/mol. The van der Waals surface area contributed by atoms with Crippen LogP contribution >= 0.6 is 11.3 Å². The van der Waals surface area contributed by atoms with Gasteiger partial charge in [0, 0.05) is 50.1 Å². The van der Waals surface area contributed by atoms with E-state index in [1.807, 2.05) is 34.2 Å². The number of aryl methyl sites for hydroxylation is 1. The van der Waals surface area contributed by atoms with Crippen LogP contribution < -0.4 is 0 Å². The predicted molar refractivity (Wildman–Crippen MR) is 85.6 cm³/mol. The molecule has 1 aliphatic heterocycles. The predicted octanol–water partition coefficient (Wildman–Crippen LogP) is 1.55. The van der Waals surface area contributed by atoms with E-state index < -0.39 is 0 Å². The fourth-order valence-corrected chi connectivity index (χ4v) is 3.50. The Hall–Kier alpha value is -1.73. The molecular formula is C15H21N5OS. The highest BCUT2D eigenvalue weighted by Crippen LogP contribution is 2.23. The standard InChI is InChI=1S/C15H21N5OS/c1-12(15-17-4-10-22-15)18-6-8-19(9-7-18)14(21)11-20-5-3-16-13(20)2/h3-5,10,12H,6-9,11H2,1-2H3. The van der Waals surface area contributed by atoms with Gasteiger partial charge in [-0.05, 0) is 13.8 Å². The Morgan fingerprint density at radius 2 is 2.05 bits per heavy atom. The number of hydrogen-bond acceptors (Lipinski definition) is 5. The molecule has 2 aromatic rings. The smallest absolute Gasteiger partial charge is 0.242 e. The molecule has 6 nitrogen and oxygen atoms in total.